The molecular formula is C17H18N6O4. The van der Waals surface area contributed by atoms with Crippen molar-refractivity contribution in [1.29, 1.82) is 0 Å². The smallest absolute Gasteiger partial charge is 0.270 e. The number of non-ortho nitro benzene ring substituents is 2. The maximum Gasteiger partial charge on any atom is 0.270 e. The van der Waals surface area contributed by atoms with Crippen molar-refractivity contribution in [1.82, 2.24) is 10.0 Å². The molecule has 140 valence electrons. The third-order valence-corrected chi connectivity index (χ3v) is 3.38. The lowest BCUT2D eigenvalue weighted by Crippen LogP contribution is -2.26. The fourth-order valence-electron chi connectivity index (χ4n) is 2.14. The van der Waals surface area contributed by atoms with Gasteiger partial charge in [-0.1, -0.05) is 24.3 Å². The van der Waals surface area contributed by atoms with Crippen LogP contribution < -0.4 is 0 Å². The van der Waals surface area contributed by atoms with Crippen molar-refractivity contribution in [3.8, 4) is 0 Å². The monoisotopic (exact) mass is 370 g/mol. The number of hydrogen-bond donors (Lipinski definition) is 0. The van der Waals surface area contributed by atoms with E-state index in [4.69, 9.17) is 0 Å². The van der Waals surface area contributed by atoms with Gasteiger partial charge in [-0.05, 0) is 0 Å². The zero-order valence-electron chi connectivity index (χ0n) is 14.8. The Labute approximate surface area is 155 Å². The van der Waals surface area contributed by atoms with Crippen LogP contribution in [0.3, 0.4) is 0 Å². The second kappa shape index (κ2) is 9.04. The van der Waals surface area contributed by atoms with Crippen molar-refractivity contribution in [2.24, 2.45) is 10.2 Å². The molecule has 0 aromatic heterocycles. The minimum Gasteiger partial charge on any atom is -0.279 e. The Balaban J connectivity index is 1.94. The second-order valence-electron chi connectivity index (χ2n) is 5.65. The average Bonchev–Trinajstić information content (AvgIpc) is 2.65. The fraction of sp³-hybridized carbons (Fsp3) is 0.176. The van der Waals surface area contributed by atoms with Crippen molar-refractivity contribution >= 4 is 23.8 Å². The molecule has 0 aliphatic carbocycles. The predicted octanol–water partition coefficient (Wildman–Crippen LogP) is 2.69. The third kappa shape index (κ3) is 6.20. The van der Waals surface area contributed by atoms with Crippen molar-refractivity contribution in [3.05, 3.63) is 79.9 Å². The molecule has 0 amide bonds. The summed E-state index contributed by atoms with van der Waals surface area (Å²) in [6, 6.07) is 12.3. The van der Waals surface area contributed by atoms with Gasteiger partial charge in [-0.2, -0.15) is 10.2 Å². The largest absolute Gasteiger partial charge is 0.279 e. The first-order valence-corrected chi connectivity index (χ1v) is 7.84. The fourth-order valence-corrected chi connectivity index (χ4v) is 2.14. The topological polar surface area (TPSA) is 117 Å². The summed E-state index contributed by atoms with van der Waals surface area (Å²) in [6.07, 6.45) is 3.04. The van der Waals surface area contributed by atoms with Gasteiger partial charge in [0.1, 0.15) is 6.67 Å². The molecule has 10 nitrogen and oxygen atoms in total. The number of hydrogen-bond acceptors (Lipinski definition) is 8. The Bertz CT molecular complexity index is 812. The van der Waals surface area contributed by atoms with Crippen LogP contribution in [0.2, 0.25) is 0 Å². The Hall–Kier alpha value is -3.82. The molecule has 0 atom stereocenters. The van der Waals surface area contributed by atoms with Crippen LogP contribution in [0.5, 0.6) is 0 Å². The van der Waals surface area contributed by atoms with Crippen LogP contribution in [0.25, 0.3) is 0 Å². The molecule has 2 rings (SSSR count). The Morgan fingerprint density at radius 3 is 1.63 bits per heavy atom. The number of benzene rings is 2. The molecule has 0 unspecified atom stereocenters. The van der Waals surface area contributed by atoms with Crippen LogP contribution in [0.15, 0.2) is 58.7 Å². The summed E-state index contributed by atoms with van der Waals surface area (Å²) in [5, 5.41) is 33.2. The van der Waals surface area contributed by atoms with Gasteiger partial charge in [0, 0.05) is 49.5 Å². The summed E-state index contributed by atoms with van der Waals surface area (Å²) >= 11 is 0. The highest BCUT2D eigenvalue weighted by Crippen LogP contribution is 2.12. The molecule has 2 aromatic rings. The van der Waals surface area contributed by atoms with E-state index in [1.807, 2.05) is 0 Å². The maximum absolute atomic E-state index is 10.8. The van der Waals surface area contributed by atoms with Crippen LogP contribution in [0.4, 0.5) is 11.4 Å². The lowest BCUT2D eigenvalue weighted by Gasteiger charge is -2.19. The van der Waals surface area contributed by atoms with Gasteiger partial charge in [-0.25, -0.2) is 0 Å². The third-order valence-electron chi connectivity index (χ3n) is 3.38. The molecule has 0 aliphatic rings. The summed E-state index contributed by atoms with van der Waals surface area (Å²) in [4.78, 5) is 20.6. The predicted molar refractivity (Wildman–Crippen MR) is 102 cm³/mol. The molecule has 0 spiro atoms. The zero-order valence-corrected chi connectivity index (χ0v) is 14.8. The first kappa shape index (κ1) is 19.5. The normalized spacial score (nSPS) is 11.0. The van der Waals surface area contributed by atoms with E-state index in [-0.39, 0.29) is 11.4 Å². The van der Waals surface area contributed by atoms with Gasteiger partial charge in [-0.3, -0.25) is 30.2 Å². The first-order chi connectivity index (χ1) is 12.8. The Morgan fingerprint density at radius 1 is 0.852 bits per heavy atom. The summed E-state index contributed by atoms with van der Waals surface area (Å²) in [5.41, 5.74) is 1.22. The van der Waals surface area contributed by atoms with Gasteiger partial charge >= 0.3 is 0 Å². The maximum atomic E-state index is 10.8. The van der Waals surface area contributed by atoms with Crippen molar-refractivity contribution < 1.29 is 9.85 Å². The van der Waals surface area contributed by atoms with Gasteiger partial charge in [0.05, 0.1) is 22.3 Å². The van der Waals surface area contributed by atoms with Gasteiger partial charge in [0.2, 0.25) is 0 Å². The first-order valence-electron chi connectivity index (χ1n) is 7.84. The van der Waals surface area contributed by atoms with Gasteiger partial charge in [-0.15, -0.1) is 0 Å². The van der Waals surface area contributed by atoms with Crippen LogP contribution in [-0.4, -0.2) is 53.1 Å². The van der Waals surface area contributed by atoms with Crippen LogP contribution in [0.1, 0.15) is 11.1 Å². The molecule has 0 N–H and O–H groups in total. The van der Waals surface area contributed by atoms with E-state index in [2.05, 4.69) is 10.2 Å². The molecule has 0 heterocycles. The summed E-state index contributed by atoms with van der Waals surface area (Å²) in [7, 11) is 3.46. The van der Waals surface area contributed by atoms with Crippen molar-refractivity contribution in [2.75, 3.05) is 20.8 Å². The molecule has 0 bridgehead atoms. The van der Waals surface area contributed by atoms with E-state index in [0.717, 1.165) is 0 Å². The molecule has 27 heavy (non-hydrogen) atoms. The van der Waals surface area contributed by atoms with Crippen LogP contribution in [0, 0.1) is 20.2 Å². The lowest BCUT2D eigenvalue weighted by molar-refractivity contribution is -0.385. The van der Waals surface area contributed by atoms with Crippen LogP contribution in [-0.2, 0) is 0 Å². The molecule has 0 radical (unpaired) electrons. The number of nitrogens with zero attached hydrogens (tertiary/aromatic N) is 6. The van der Waals surface area contributed by atoms with E-state index in [1.165, 1.54) is 36.7 Å². The zero-order chi connectivity index (χ0) is 19.8. The lowest BCUT2D eigenvalue weighted by atomic mass is 10.2. The molecule has 2 aromatic carbocycles. The van der Waals surface area contributed by atoms with Crippen LogP contribution >= 0.6 is 0 Å². The van der Waals surface area contributed by atoms with Gasteiger partial charge in [0.15, 0.2) is 0 Å². The Morgan fingerprint density at radius 2 is 1.26 bits per heavy atom. The number of nitro benzene ring substituents is 2. The van der Waals surface area contributed by atoms with Gasteiger partial charge < -0.3 is 0 Å². The highest BCUT2D eigenvalue weighted by atomic mass is 16.6. The molecule has 0 saturated heterocycles. The number of rotatable bonds is 8. The van der Waals surface area contributed by atoms with Crippen molar-refractivity contribution in [2.45, 2.75) is 0 Å². The highest BCUT2D eigenvalue weighted by Gasteiger charge is 2.05. The quantitative estimate of drug-likeness (QED) is 0.305. The minimum absolute atomic E-state index is 0.000255. The number of nitro groups is 2. The Kier molecular flexibility index (Phi) is 6.53. The summed E-state index contributed by atoms with van der Waals surface area (Å²) in [6.45, 7) is 0.344. The summed E-state index contributed by atoms with van der Waals surface area (Å²) < 4.78 is 0. The van der Waals surface area contributed by atoms with E-state index in [0.29, 0.717) is 17.8 Å². The molecule has 10 heteroatoms. The minimum atomic E-state index is -0.461. The summed E-state index contributed by atoms with van der Waals surface area (Å²) in [5.74, 6) is 0. The molecule has 0 saturated carbocycles. The molecule has 0 aliphatic heterocycles. The van der Waals surface area contributed by atoms with Gasteiger partial charge in [0.25, 0.3) is 11.4 Å². The van der Waals surface area contributed by atoms with E-state index in [1.54, 1.807) is 48.4 Å². The SMILES string of the molecule is CN(CN(C)/N=C/c1cccc([N+](=O)[O-])c1)/N=C/c1cccc([N+](=O)[O-])c1. The molecule has 0 fully saturated rings. The van der Waals surface area contributed by atoms with E-state index < -0.39 is 9.85 Å². The highest BCUT2D eigenvalue weighted by molar-refractivity contribution is 5.81. The van der Waals surface area contributed by atoms with Crippen molar-refractivity contribution in [3.63, 3.8) is 0 Å². The second-order valence-corrected chi connectivity index (χ2v) is 5.65. The standard InChI is InChI=1S/C17H18N6O4/c1-20(18-11-14-5-3-7-16(9-14)22(24)25)13-21(2)19-12-15-6-4-8-17(10-15)23(26)27/h3-12H,13H2,1-2H3/b18-11+,19-12+. The van der Waals surface area contributed by atoms with E-state index in [9.17, 15) is 20.2 Å². The average molecular weight is 370 g/mol. The number of hydrazone groups is 2. The molecular weight excluding hydrogens is 352 g/mol. The van der Waals surface area contributed by atoms with E-state index >= 15 is 0 Å².